The number of carbonyl (C=O) groups excluding carboxylic acids is 2. The van der Waals surface area contributed by atoms with Crippen LogP contribution in [0, 0.1) is 0 Å². The Morgan fingerprint density at radius 3 is 2.71 bits per heavy atom. The fraction of sp³-hybridized carbons (Fsp3) is 0.286. The second-order valence-electron chi connectivity index (χ2n) is 7.41. The lowest BCUT2D eigenvalue weighted by molar-refractivity contribution is -0.119. The van der Waals surface area contributed by atoms with Crippen molar-refractivity contribution in [1.29, 1.82) is 0 Å². The molecule has 0 aliphatic carbocycles. The predicted octanol–water partition coefficient (Wildman–Crippen LogP) is 2.66. The van der Waals surface area contributed by atoms with Crippen LogP contribution in [-0.4, -0.2) is 55.3 Å². The van der Waals surface area contributed by atoms with Crippen LogP contribution in [-0.2, 0) is 19.4 Å². The first-order chi connectivity index (χ1) is 16.2. The van der Waals surface area contributed by atoms with Crippen molar-refractivity contribution in [2.75, 3.05) is 22.2 Å². The van der Waals surface area contributed by atoms with Crippen LogP contribution in [0.3, 0.4) is 0 Å². The van der Waals surface area contributed by atoms with Crippen LogP contribution in [0.4, 0.5) is 14.5 Å². The van der Waals surface area contributed by atoms with Gasteiger partial charge in [-0.15, -0.1) is 0 Å². The number of nitrogens with one attached hydrogen (secondary N) is 1. The lowest BCUT2D eigenvalue weighted by Gasteiger charge is -2.18. The van der Waals surface area contributed by atoms with Crippen molar-refractivity contribution >= 4 is 50.3 Å². The highest BCUT2D eigenvalue weighted by Crippen LogP contribution is 2.31. The molecule has 1 fully saturated rings. The Hall–Kier alpha value is -3.19. The van der Waals surface area contributed by atoms with Gasteiger partial charge in [0.2, 0.25) is 5.91 Å². The van der Waals surface area contributed by atoms with Crippen LogP contribution in [0.5, 0.6) is 5.75 Å². The van der Waals surface area contributed by atoms with Gasteiger partial charge in [-0.3, -0.25) is 14.5 Å². The van der Waals surface area contributed by atoms with E-state index >= 15 is 0 Å². The SMILES string of the molecule is O=C(CSC1=N/C(=C\c2ccco2)C(=O)N1c1ccc(OC(F)F)cc1)N[C@@H]1CCS(=O)(=O)C1. The van der Waals surface area contributed by atoms with E-state index in [9.17, 15) is 26.8 Å². The summed E-state index contributed by atoms with van der Waals surface area (Å²) in [6.45, 7) is -2.98. The summed E-state index contributed by atoms with van der Waals surface area (Å²) in [5.74, 6) is -0.743. The molecule has 34 heavy (non-hydrogen) atoms. The number of benzene rings is 1. The number of amidine groups is 1. The molecule has 0 saturated carbocycles. The fourth-order valence-corrected chi connectivity index (χ4v) is 5.91. The molecule has 9 nitrogen and oxygen atoms in total. The summed E-state index contributed by atoms with van der Waals surface area (Å²) in [6.07, 6.45) is 3.24. The standard InChI is InChI=1S/C21H19F2N3O6S2/c22-20(23)32-15-5-3-14(4-6-15)26-19(28)17(10-16-2-1-8-31-16)25-21(26)33-11-18(27)24-13-7-9-34(29,30)12-13/h1-6,8,10,13,20H,7,9,11-12H2,(H,24,27)/b17-10-/t13-/m1/s1. The Morgan fingerprint density at radius 1 is 1.32 bits per heavy atom. The minimum Gasteiger partial charge on any atom is -0.465 e. The average molecular weight is 512 g/mol. The summed E-state index contributed by atoms with van der Waals surface area (Å²) in [7, 11) is -3.14. The van der Waals surface area contributed by atoms with E-state index in [1.807, 2.05) is 0 Å². The summed E-state index contributed by atoms with van der Waals surface area (Å²) < 4.78 is 57.7. The molecule has 2 amide bonds. The molecule has 2 aliphatic heterocycles. The monoisotopic (exact) mass is 511 g/mol. The number of rotatable bonds is 7. The van der Waals surface area contributed by atoms with Crippen molar-refractivity contribution in [3.63, 3.8) is 0 Å². The zero-order valence-electron chi connectivity index (χ0n) is 17.5. The zero-order valence-corrected chi connectivity index (χ0v) is 19.2. The van der Waals surface area contributed by atoms with Gasteiger partial charge in [-0.25, -0.2) is 13.4 Å². The number of carbonyl (C=O) groups is 2. The van der Waals surface area contributed by atoms with Gasteiger partial charge >= 0.3 is 6.61 Å². The zero-order chi connectivity index (χ0) is 24.3. The maximum Gasteiger partial charge on any atom is 0.387 e. The number of nitrogens with zero attached hydrogens (tertiary/aromatic N) is 2. The number of hydrogen-bond donors (Lipinski definition) is 1. The molecule has 2 aliphatic rings. The third kappa shape index (κ3) is 5.83. The molecule has 1 atom stereocenters. The van der Waals surface area contributed by atoms with Crippen molar-refractivity contribution in [3.05, 3.63) is 54.1 Å². The number of amides is 2. The average Bonchev–Trinajstić information content (AvgIpc) is 3.47. The van der Waals surface area contributed by atoms with Crippen LogP contribution in [0.1, 0.15) is 12.2 Å². The number of anilines is 1. The number of thioether (sulfide) groups is 1. The highest BCUT2D eigenvalue weighted by Gasteiger charge is 2.33. The second-order valence-corrected chi connectivity index (χ2v) is 10.6. The summed E-state index contributed by atoms with van der Waals surface area (Å²) in [5.41, 5.74) is 0.399. The number of aliphatic imine (C=N–C) groups is 1. The lowest BCUT2D eigenvalue weighted by atomic mass is 10.2. The number of ether oxygens (including phenoxy) is 1. The van der Waals surface area contributed by atoms with Crippen molar-refractivity contribution in [3.8, 4) is 5.75 Å². The molecule has 1 N–H and O–H groups in total. The van der Waals surface area contributed by atoms with Crippen molar-refractivity contribution in [1.82, 2.24) is 5.32 Å². The number of alkyl halides is 2. The van der Waals surface area contributed by atoms with Crippen LogP contribution < -0.4 is 15.0 Å². The summed E-state index contributed by atoms with van der Waals surface area (Å²) in [5, 5.41) is 2.88. The molecule has 0 radical (unpaired) electrons. The fourth-order valence-electron chi connectivity index (χ4n) is 3.41. The van der Waals surface area contributed by atoms with E-state index in [0.29, 0.717) is 17.9 Å². The molecule has 1 aromatic heterocycles. The van der Waals surface area contributed by atoms with Gasteiger partial charge in [0.15, 0.2) is 15.0 Å². The Labute approximate surface area is 197 Å². The van der Waals surface area contributed by atoms with Gasteiger partial charge in [0.25, 0.3) is 5.91 Å². The van der Waals surface area contributed by atoms with Crippen molar-refractivity contribution in [2.45, 2.75) is 19.1 Å². The number of sulfone groups is 1. The van der Waals surface area contributed by atoms with Crippen molar-refractivity contribution in [2.24, 2.45) is 4.99 Å². The Bertz CT molecular complexity index is 1230. The summed E-state index contributed by atoms with van der Waals surface area (Å²) in [6, 6.07) is 8.27. The largest absolute Gasteiger partial charge is 0.465 e. The van der Waals surface area contributed by atoms with Gasteiger partial charge in [-0.2, -0.15) is 8.78 Å². The Kier molecular flexibility index (Phi) is 7.03. The third-order valence-electron chi connectivity index (χ3n) is 4.90. The maximum atomic E-state index is 13.1. The van der Waals surface area contributed by atoms with Crippen LogP contribution >= 0.6 is 11.8 Å². The molecule has 0 unspecified atom stereocenters. The summed E-state index contributed by atoms with van der Waals surface area (Å²) >= 11 is 0.984. The lowest BCUT2D eigenvalue weighted by Crippen LogP contribution is -2.37. The molecule has 2 aromatic rings. The molecular formula is C21H19F2N3O6S2. The topological polar surface area (TPSA) is 118 Å². The minimum absolute atomic E-state index is 0.0340. The Morgan fingerprint density at radius 2 is 2.09 bits per heavy atom. The van der Waals surface area contributed by atoms with E-state index < -0.39 is 34.3 Å². The first-order valence-electron chi connectivity index (χ1n) is 10.1. The molecule has 4 rings (SSSR count). The molecule has 180 valence electrons. The molecule has 0 bridgehead atoms. The third-order valence-corrected chi connectivity index (χ3v) is 7.61. The van der Waals surface area contributed by atoms with Gasteiger partial charge in [0, 0.05) is 12.1 Å². The van der Waals surface area contributed by atoms with Gasteiger partial charge in [-0.05, 0) is 42.8 Å². The number of furan rings is 1. The van der Waals surface area contributed by atoms with Gasteiger partial charge in [0.05, 0.1) is 29.2 Å². The van der Waals surface area contributed by atoms with E-state index in [4.69, 9.17) is 4.42 Å². The highest BCUT2D eigenvalue weighted by atomic mass is 32.2. The van der Waals surface area contributed by atoms with Crippen LogP contribution in [0.25, 0.3) is 6.08 Å². The van der Waals surface area contributed by atoms with Gasteiger partial charge < -0.3 is 14.5 Å². The number of halogens is 2. The van der Waals surface area contributed by atoms with Crippen LogP contribution in [0.2, 0.25) is 0 Å². The molecule has 3 heterocycles. The molecule has 13 heteroatoms. The molecule has 0 spiro atoms. The van der Waals surface area contributed by atoms with Gasteiger partial charge in [-0.1, -0.05) is 11.8 Å². The predicted molar refractivity (Wildman–Crippen MR) is 122 cm³/mol. The highest BCUT2D eigenvalue weighted by molar-refractivity contribution is 8.14. The Balaban J connectivity index is 1.51. The second kappa shape index (κ2) is 9.97. The van der Waals surface area contributed by atoms with Gasteiger partial charge in [0.1, 0.15) is 17.2 Å². The molecule has 1 saturated heterocycles. The smallest absolute Gasteiger partial charge is 0.387 e. The van der Waals surface area contributed by atoms with Crippen molar-refractivity contribution < 1.29 is 35.9 Å². The molecular weight excluding hydrogens is 492 g/mol. The van der Waals surface area contributed by atoms with E-state index in [1.165, 1.54) is 41.5 Å². The first kappa shape index (κ1) is 24.0. The first-order valence-corrected chi connectivity index (χ1v) is 12.9. The van der Waals surface area contributed by atoms with E-state index in [-0.39, 0.29) is 33.9 Å². The number of hydrogen-bond acceptors (Lipinski definition) is 8. The maximum absolute atomic E-state index is 13.1. The van der Waals surface area contributed by atoms with E-state index in [2.05, 4.69) is 15.0 Å². The van der Waals surface area contributed by atoms with E-state index in [1.54, 1.807) is 12.1 Å². The summed E-state index contributed by atoms with van der Waals surface area (Å²) in [4.78, 5) is 31.0. The van der Waals surface area contributed by atoms with Crippen LogP contribution in [0.15, 0.2) is 57.8 Å². The normalized spacial score (nSPS) is 20.7. The van der Waals surface area contributed by atoms with E-state index in [0.717, 1.165) is 11.8 Å². The molecule has 1 aromatic carbocycles. The minimum atomic E-state index is -3.14. The quantitative estimate of drug-likeness (QED) is 0.568.